The molecule has 1 aliphatic heterocycles. The Morgan fingerprint density at radius 1 is 1.19 bits per heavy atom. The molecule has 1 aromatic heterocycles. The summed E-state index contributed by atoms with van der Waals surface area (Å²) in [5.41, 5.74) is 1.93. The second-order valence-corrected chi connectivity index (χ2v) is 7.96. The molecule has 32 heavy (non-hydrogen) atoms. The molecule has 0 aliphatic carbocycles. The molecule has 1 atom stereocenters. The molecule has 1 saturated heterocycles. The van der Waals surface area contributed by atoms with Crippen molar-refractivity contribution in [2.24, 2.45) is 0 Å². The third kappa shape index (κ3) is 4.32. The number of hydrogen-bond donors (Lipinski definition) is 1. The molecule has 3 aromatic rings. The molecular weight excluding hydrogens is 419 g/mol. The fourth-order valence-corrected chi connectivity index (χ4v) is 4.04. The normalized spacial score (nSPS) is 15.6. The summed E-state index contributed by atoms with van der Waals surface area (Å²) in [4.78, 5) is 6.63. The van der Waals surface area contributed by atoms with Crippen LogP contribution in [0.2, 0.25) is 0 Å². The van der Waals surface area contributed by atoms with Crippen molar-refractivity contribution in [3.8, 4) is 5.75 Å². The van der Waals surface area contributed by atoms with Gasteiger partial charge in [-0.3, -0.25) is 4.98 Å². The van der Waals surface area contributed by atoms with E-state index in [-0.39, 0.29) is 5.56 Å². The van der Waals surface area contributed by atoms with Crippen molar-refractivity contribution in [3.63, 3.8) is 0 Å². The van der Waals surface area contributed by atoms with Crippen LogP contribution in [0.1, 0.15) is 31.0 Å². The first-order chi connectivity index (χ1) is 15.3. The molecule has 2 aromatic carbocycles. The number of hydrogen-bond acceptors (Lipinski definition) is 5. The summed E-state index contributed by atoms with van der Waals surface area (Å²) < 4.78 is 53.5. The van der Waals surface area contributed by atoms with Gasteiger partial charge < -0.3 is 19.7 Å². The van der Waals surface area contributed by atoms with Gasteiger partial charge in [-0.05, 0) is 19.1 Å². The number of nitrogens with zero attached hydrogens (tertiary/aromatic N) is 2. The first-order valence-electron chi connectivity index (χ1n) is 10.5. The van der Waals surface area contributed by atoms with Crippen LogP contribution in [0.4, 0.5) is 24.5 Å². The van der Waals surface area contributed by atoms with Crippen LogP contribution in [0.15, 0.2) is 42.6 Å². The van der Waals surface area contributed by atoms with E-state index in [2.05, 4.69) is 15.2 Å². The molecule has 0 amide bonds. The van der Waals surface area contributed by atoms with E-state index < -0.39 is 23.3 Å². The van der Waals surface area contributed by atoms with E-state index in [0.717, 1.165) is 35.9 Å². The Labute approximate surface area is 185 Å². The highest BCUT2D eigenvalue weighted by Crippen LogP contribution is 2.37. The standard InChI is InChI=1S/C24H26F3N3O2/c1-15(16-5-4-6-18(23(16)25)24(2,26)27)29-19-7-8-28-20-14-22(31-3)21(13-17(19)20)30-9-11-32-12-10-30/h4-8,13-15H,9-12H2,1-3H3,(H,28,29)/t15-/m1/s1. The Morgan fingerprint density at radius 2 is 1.94 bits per heavy atom. The number of ether oxygens (including phenoxy) is 2. The maximum Gasteiger partial charge on any atom is 0.273 e. The Bertz CT molecular complexity index is 1110. The molecule has 1 fully saturated rings. The van der Waals surface area contributed by atoms with Crippen LogP contribution in [-0.4, -0.2) is 38.4 Å². The zero-order valence-electron chi connectivity index (χ0n) is 18.3. The number of morpholine rings is 1. The van der Waals surface area contributed by atoms with Gasteiger partial charge in [-0.15, -0.1) is 0 Å². The molecule has 0 saturated carbocycles. The highest BCUT2D eigenvalue weighted by molar-refractivity contribution is 5.95. The molecule has 1 N–H and O–H groups in total. The maximum atomic E-state index is 14.9. The lowest BCUT2D eigenvalue weighted by Crippen LogP contribution is -2.36. The second-order valence-electron chi connectivity index (χ2n) is 7.96. The van der Waals surface area contributed by atoms with Gasteiger partial charge in [0.1, 0.15) is 11.6 Å². The van der Waals surface area contributed by atoms with Crippen LogP contribution < -0.4 is 15.0 Å². The number of pyridine rings is 1. The number of anilines is 2. The van der Waals surface area contributed by atoms with Crippen molar-refractivity contribution >= 4 is 22.3 Å². The van der Waals surface area contributed by atoms with Gasteiger partial charge in [-0.1, -0.05) is 18.2 Å². The molecular formula is C24H26F3N3O2. The monoisotopic (exact) mass is 445 g/mol. The second kappa shape index (κ2) is 8.86. The number of alkyl halides is 2. The van der Waals surface area contributed by atoms with Crippen LogP contribution in [0, 0.1) is 5.82 Å². The average Bonchev–Trinajstić information content (AvgIpc) is 2.78. The number of fused-ring (bicyclic) bond motifs is 1. The van der Waals surface area contributed by atoms with Crippen LogP contribution in [-0.2, 0) is 10.7 Å². The summed E-state index contributed by atoms with van der Waals surface area (Å²) >= 11 is 0. The Hall–Kier alpha value is -3.00. The summed E-state index contributed by atoms with van der Waals surface area (Å²) in [6.45, 7) is 5.19. The first kappa shape index (κ1) is 22.2. The molecule has 8 heteroatoms. The zero-order chi connectivity index (χ0) is 22.9. The summed E-state index contributed by atoms with van der Waals surface area (Å²) in [6.07, 6.45) is 1.65. The van der Waals surface area contributed by atoms with E-state index >= 15 is 0 Å². The van der Waals surface area contributed by atoms with Gasteiger partial charge in [0, 0.05) is 48.9 Å². The highest BCUT2D eigenvalue weighted by Gasteiger charge is 2.30. The van der Waals surface area contributed by atoms with Crippen LogP contribution in [0.3, 0.4) is 0 Å². The number of nitrogens with one attached hydrogen (secondary N) is 1. The van der Waals surface area contributed by atoms with E-state index in [1.165, 1.54) is 12.1 Å². The lowest BCUT2D eigenvalue weighted by Gasteiger charge is -2.30. The lowest BCUT2D eigenvalue weighted by atomic mass is 10.0. The van der Waals surface area contributed by atoms with Crippen LogP contribution >= 0.6 is 0 Å². The maximum absolute atomic E-state index is 14.9. The van der Waals surface area contributed by atoms with Gasteiger partial charge in [-0.2, -0.15) is 0 Å². The van der Waals surface area contributed by atoms with Gasteiger partial charge >= 0.3 is 0 Å². The van der Waals surface area contributed by atoms with Crippen molar-refractivity contribution < 1.29 is 22.6 Å². The Kier molecular flexibility index (Phi) is 6.15. The fraction of sp³-hybridized carbons (Fsp3) is 0.375. The quantitative estimate of drug-likeness (QED) is 0.543. The minimum Gasteiger partial charge on any atom is -0.495 e. The first-order valence-corrected chi connectivity index (χ1v) is 10.5. The van der Waals surface area contributed by atoms with Crippen molar-refractivity contribution in [3.05, 3.63) is 59.5 Å². The fourth-order valence-electron chi connectivity index (χ4n) is 4.04. The Morgan fingerprint density at radius 3 is 2.62 bits per heavy atom. The summed E-state index contributed by atoms with van der Waals surface area (Å²) in [5, 5.41) is 4.11. The molecule has 0 radical (unpaired) electrons. The number of benzene rings is 2. The smallest absolute Gasteiger partial charge is 0.273 e. The van der Waals surface area contributed by atoms with E-state index in [0.29, 0.717) is 31.4 Å². The van der Waals surface area contributed by atoms with Gasteiger partial charge in [0.05, 0.1) is 43.1 Å². The van der Waals surface area contributed by atoms with Crippen molar-refractivity contribution in [1.29, 1.82) is 0 Å². The summed E-state index contributed by atoms with van der Waals surface area (Å²) in [7, 11) is 1.62. The van der Waals surface area contributed by atoms with Crippen LogP contribution in [0.5, 0.6) is 5.75 Å². The van der Waals surface area contributed by atoms with E-state index in [4.69, 9.17) is 9.47 Å². The van der Waals surface area contributed by atoms with E-state index in [9.17, 15) is 13.2 Å². The molecule has 0 bridgehead atoms. The van der Waals surface area contributed by atoms with Crippen LogP contribution in [0.25, 0.3) is 10.9 Å². The average molecular weight is 445 g/mol. The summed E-state index contributed by atoms with van der Waals surface area (Å²) in [5.74, 6) is -3.44. The molecule has 0 unspecified atom stereocenters. The Balaban J connectivity index is 1.72. The van der Waals surface area contributed by atoms with Gasteiger partial charge in [0.15, 0.2) is 0 Å². The summed E-state index contributed by atoms with van der Waals surface area (Å²) in [6, 6.07) is 9.21. The molecule has 1 aliphatic rings. The molecule has 2 heterocycles. The number of halogens is 3. The predicted octanol–water partition coefficient (Wildman–Crippen LogP) is 5.50. The lowest BCUT2D eigenvalue weighted by molar-refractivity contribution is 0.0136. The van der Waals surface area contributed by atoms with Gasteiger partial charge in [0.25, 0.3) is 5.92 Å². The largest absolute Gasteiger partial charge is 0.495 e. The molecule has 4 rings (SSSR count). The third-order valence-electron chi connectivity index (χ3n) is 5.73. The minimum atomic E-state index is -3.26. The number of methoxy groups -OCH3 is 1. The zero-order valence-corrected chi connectivity index (χ0v) is 18.3. The van der Waals surface area contributed by atoms with Crippen molar-refractivity contribution in [2.75, 3.05) is 43.6 Å². The van der Waals surface area contributed by atoms with Gasteiger partial charge in [-0.25, -0.2) is 13.2 Å². The molecule has 0 spiro atoms. The number of aromatic nitrogens is 1. The molecule has 170 valence electrons. The topological polar surface area (TPSA) is 46.6 Å². The molecule has 5 nitrogen and oxygen atoms in total. The third-order valence-corrected chi connectivity index (χ3v) is 5.73. The highest BCUT2D eigenvalue weighted by atomic mass is 19.3. The SMILES string of the molecule is COc1cc2nccc(N[C@H](C)c3cccc(C(C)(F)F)c3F)c2cc1N1CCOCC1. The van der Waals surface area contributed by atoms with Crippen molar-refractivity contribution in [2.45, 2.75) is 25.8 Å². The van der Waals surface area contributed by atoms with Gasteiger partial charge in [0.2, 0.25) is 0 Å². The minimum absolute atomic E-state index is 0.177. The predicted molar refractivity (Wildman–Crippen MR) is 119 cm³/mol. The number of rotatable bonds is 6. The van der Waals surface area contributed by atoms with E-state index in [1.807, 2.05) is 12.1 Å². The van der Waals surface area contributed by atoms with Crippen molar-refractivity contribution in [1.82, 2.24) is 4.98 Å². The van der Waals surface area contributed by atoms with E-state index in [1.54, 1.807) is 26.3 Å².